The van der Waals surface area contributed by atoms with E-state index in [1.54, 1.807) is 19.9 Å². The van der Waals surface area contributed by atoms with Crippen molar-refractivity contribution >= 4 is 39.0 Å². The van der Waals surface area contributed by atoms with Crippen molar-refractivity contribution in [1.29, 1.82) is 0 Å². The number of ether oxygens (including phenoxy) is 1. The van der Waals surface area contributed by atoms with Crippen LogP contribution in [0.2, 0.25) is 0 Å². The minimum Gasteiger partial charge on any atom is -0.462 e. The van der Waals surface area contributed by atoms with Crippen LogP contribution in [0.4, 0.5) is 17.1 Å². The van der Waals surface area contributed by atoms with Crippen molar-refractivity contribution in [2.75, 3.05) is 29.0 Å². The molecule has 30 heavy (non-hydrogen) atoms. The minimum atomic E-state index is -3.92. The van der Waals surface area contributed by atoms with Crippen molar-refractivity contribution in [2.45, 2.75) is 13.8 Å². The molecule has 0 heterocycles. The van der Waals surface area contributed by atoms with Gasteiger partial charge in [-0.2, -0.15) is 0 Å². The number of anilines is 2. The minimum absolute atomic E-state index is 0.0297. The van der Waals surface area contributed by atoms with Crippen LogP contribution < -0.4 is 9.62 Å². The molecule has 0 spiro atoms. The molecule has 0 saturated carbocycles. The fourth-order valence-electron chi connectivity index (χ4n) is 2.63. The highest BCUT2D eigenvalue weighted by molar-refractivity contribution is 7.92. The number of non-ortho nitro benzene ring substituents is 1. The highest BCUT2D eigenvalue weighted by Gasteiger charge is 2.24. The molecular weight excluding hydrogens is 414 g/mol. The molecule has 160 valence electrons. The number of nitrogens with zero attached hydrogens (tertiary/aromatic N) is 2. The monoisotopic (exact) mass is 435 g/mol. The first-order valence-electron chi connectivity index (χ1n) is 8.82. The van der Waals surface area contributed by atoms with Gasteiger partial charge in [-0.15, -0.1) is 0 Å². The predicted octanol–water partition coefficient (Wildman–Crippen LogP) is 2.48. The summed E-state index contributed by atoms with van der Waals surface area (Å²) in [5, 5.41) is 13.6. The highest BCUT2D eigenvalue weighted by atomic mass is 32.2. The molecule has 2 aromatic carbocycles. The summed E-state index contributed by atoms with van der Waals surface area (Å²) >= 11 is 0. The molecule has 0 aliphatic rings. The zero-order chi connectivity index (χ0) is 22.5. The molecule has 0 atom stereocenters. The molecular formula is C19H21N3O7S. The SMILES string of the molecule is CCOC(=O)c1cccc(NC(=O)CN(c2cc([N+](=O)[O-])ccc2C)S(C)(=O)=O)c1. The van der Waals surface area contributed by atoms with Crippen LogP contribution >= 0.6 is 0 Å². The van der Waals surface area contributed by atoms with Crippen LogP contribution in [0.5, 0.6) is 0 Å². The van der Waals surface area contributed by atoms with E-state index in [1.807, 2.05) is 0 Å². The normalized spacial score (nSPS) is 10.9. The molecule has 2 aromatic rings. The molecule has 11 heteroatoms. The number of hydrogen-bond donors (Lipinski definition) is 1. The van der Waals surface area contributed by atoms with Gasteiger partial charge in [-0.25, -0.2) is 13.2 Å². The Bertz CT molecular complexity index is 1080. The number of carbonyl (C=O) groups is 2. The number of esters is 1. The van der Waals surface area contributed by atoms with Gasteiger partial charge in [-0.05, 0) is 37.6 Å². The van der Waals surface area contributed by atoms with Crippen molar-refractivity contribution < 1.29 is 27.7 Å². The van der Waals surface area contributed by atoms with E-state index in [-0.39, 0.29) is 29.2 Å². The van der Waals surface area contributed by atoms with Gasteiger partial charge < -0.3 is 10.1 Å². The smallest absolute Gasteiger partial charge is 0.338 e. The number of hydrogen-bond acceptors (Lipinski definition) is 7. The van der Waals surface area contributed by atoms with Crippen LogP contribution in [0, 0.1) is 17.0 Å². The van der Waals surface area contributed by atoms with Crippen LogP contribution in [0.25, 0.3) is 0 Å². The molecule has 0 saturated heterocycles. The van der Waals surface area contributed by atoms with Crippen molar-refractivity contribution in [2.24, 2.45) is 0 Å². The number of benzene rings is 2. The Morgan fingerprint density at radius 1 is 1.20 bits per heavy atom. The topological polar surface area (TPSA) is 136 Å². The van der Waals surface area contributed by atoms with Crippen molar-refractivity contribution in [3.63, 3.8) is 0 Å². The van der Waals surface area contributed by atoms with E-state index in [9.17, 15) is 28.1 Å². The molecule has 0 aromatic heterocycles. The van der Waals surface area contributed by atoms with Gasteiger partial charge in [0.25, 0.3) is 5.69 Å². The zero-order valence-corrected chi connectivity index (χ0v) is 17.4. The van der Waals surface area contributed by atoms with Gasteiger partial charge in [0.05, 0.1) is 29.0 Å². The fourth-order valence-corrected chi connectivity index (χ4v) is 3.54. The predicted molar refractivity (Wildman–Crippen MR) is 111 cm³/mol. The fraction of sp³-hybridized carbons (Fsp3) is 0.263. The zero-order valence-electron chi connectivity index (χ0n) is 16.6. The van der Waals surface area contributed by atoms with Crippen LogP contribution in [0.3, 0.4) is 0 Å². The van der Waals surface area contributed by atoms with Gasteiger partial charge in [0, 0.05) is 17.8 Å². The summed E-state index contributed by atoms with van der Waals surface area (Å²) in [5.41, 5.74) is 0.677. The summed E-state index contributed by atoms with van der Waals surface area (Å²) in [6.07, 6.45) is 0.903. The molecule has 0 radical (unpaired) electrons. The van der Waals surface area contributed by atoms with E-state index in [1.165, 1.54) is 30.3 Å². The molecule has 0 unspecified atom stereocenters. The molecule has 0 bridgehead atoms. The largest absolute Gasteiger partial charge is 0.462 e. The first-order chi connectivity index (χ1) is 14.0. The Hall–Kier alpha value is -3.47. The lowest BCUT2D eigenvalue weighted by Gasteiger charge is -2.23. The summed E-state index contributed by atoms with van der Waals surface area (Å²) in [6.45, 7) is 2.84. The van der Waals surface area contributed by atoms with E-state index in [0.29, 0.717) is 5.56 Å². The Morgan fingerprint density at radius 2 is 1.90 bits per heavy atom. The van der Waals surface area contributed by atoms with E-state index in [2.05, 4.69) is 5.32 Å². The maximum Gasteiger partial charge on any atom is 0.338 e. The second-order valence-corrected chi connectivity index (χ2v) is 8.25. The first kappa shape index (κ1) is 22.8. The first-order valence-corrected chi connectivity index (χ1v) is 10.7. The van der Waals surface area contributed by atoms with Gasteiger partial charge in [-0.1, -0.05) is 12.1 Å². The summed E-state index contributed by atoms with van der Waals surface area (Å²) < 4.78 is 30.3. The molecule has 1 N–H and O–H groups in total. The van der Waals surface area contributed by atoms with Crippen molar-refractivity contribution in [1.82, 2.24) is 0 Å². The Labute approximate surface area is 173 Å². The van der Waals surface area contributed by atoms with Crippen LogP contribution in [0.1, 0.15) is 22.8 Å². The van der Waals surface area contributed by atoms with Crippen LogP contribution in [-0.4, -0.2) is 44.6 Å². The number of sulfonamides is 1. The Kier molecular flexibility index (Phi) is 7.11. The maximum absolute atomic E-state index is 12.5. The number of amides is 1. The van der Waals surface area contributed by atoms with Crippen molar-refractivity contribution in [3.8, 4) is 0 Å². The summed E-state index contributed by atoms with van der Waals surface area (Å²) in [6, 6.07) is 9.75. The number of nitro benzene ring substituents is 1. The third kappa shape index (κ3) is 5.77. The van der Waals surface area contributed by atoms with Gasteiger partial charge >= 0.3 is 5.97 Å². The Morgan fingerprint density at radius 3 is 2.50 bits per heavy atom. The van der Waals surface area contributed by atoms with Gasteiger partial charge in [0.2, 0.25) is 15.9 Å². The quantitative estimate of drug-likeness (QED) is 0.382. The van der Waals surface area contributed by atoms with Crippen LogP contribution in [0.15, 0.2) is 42.5 Å². The highest BCUT2D eigenvalue weighted by Crippen LogP contribution is 2.27. The molecule has 1 amide bonds. The number of carbonyl (C=O) groups excluding carboxylic acids is 2. The maximum atomic E-state index is 12.5. The average molecular weight is 435 g/mol. The Balaban J connectivity index is 2.28. The second kappa shape index (κ2) is 9.35. The standard InChI is InChI=1S/C19H21N3O7S/c1-4-29-19(24)14-6-5-7-15(10-14)20-18(23)12-21(30(3,27)28)17-11-16(22(25)26)9-8-13(17)2/h5-11H,4,12H2,1-3H3,(H,20,23). The third-order valence-corrected chi connectivity index (χ3v) is 5.14. The van der Waals surface area contributed by atoms with E-state index >= 15 is 0 Å². The number of rotatable bonds is 8. The van der Waals surface area contributed by atoms with Crippen LogP contribution in [-0.2, 0) is 19.6 Å². The lowest BCUT2D eigenvalue weighted by molar-refractivity contribution is -0.384. The van der Waals surface area contributed by atoms with E-state index < -0.39 is 33.4 Å². The number of nitrogens with one attached hydrogen (secondary N) is 1. The molecule has 0 aliphatic carbocycles. The van der Waals surface area contributed by atoms with Crippen molar-refractivity contribution in [3.05, 3.63) is 63.7 Å². The number of aryl methyl sites for hydroxylation is 1. The molecule has 10 nitrogen and oxygen atoms in total. The number of nitro groups is 1. The summed E-state index contributed by atoms with van der Waals surface area (Å²) in [4.78, 5) is 34.7. The summed E-state index contributed by atoms with van der Waals surface area (Å²) in [5.74, 6) is -1.24. The third-order valence-electron chi connectivity index (χ3n) is 4.02. The second-order valence-electron chi connectivity index (χ2n) is 6.35. The summed E-state index contributed by atoms with van der Waals surface area (Å²) in [7, 11) is -3.92. The van der Waals surface area contributed by atoms with E-state index in [0.717, 1.165) is 16.6 Å². The van der Waals surface area contributed by atoms with E-state index in [4.69, 9.17) is 4.74 Å². The van der Waals surface area contributed by atoms with Gasteiger partial charge in [0.1, 0.15) is 6.54 Å². The van der Waals surface area contributed by atoms with Gasteiger partial charge in [0.15, 0.2) is 0 Å². The molecule has 0 aliphatic heterocycles. The van der Waals surface area contributed by atoms with Gasteiger partial charge in [-0.3, -0.25) is 19.2 Å². The lowest BCUT2D eigenvalue weighted by atomic mass is 10.2. The lowest BCUT2D eigenvalue weighted by Crippen LogP contribution is -2.37. The average Bonchev–Trinajstić information content (AvgIpc) is 2.66. The molecule has 0 fully saturated rings. The molecule has 2 rings (SSSR count).